The van der Waals surface area contributed by atoms with Gasteiger partial charge in [-0.1, -0.05) is 30.3 Å². The summed E-state index contributed by atoms with van der Waals surface area (Å²) in [7, 11) is 0. The molecule has 3 rings (SSSR count). The van der Waals surface area contributed by atoms with E-state index in [2.05, 4.69) is 11.1 Å². The predicted molar refractivity (Wildman–Crippen MR) is 78.6 cm³/mol. The van der Waals surface area contributed by atoms with Gasteiger partial charge in [0.1, 0.15) is 0 Å². The summed E-state index contributed by atoms with van der Waals surface area (Å²) in [5.74, 6) is -1.61. The molecule has 0 atom stereocenters. The smallest absolute Gasteiger partial charge is 0.289 e. The summed E-state index contributed by atoms with van der Waals surface area (Å²) in [6.07, 6.45) is 0. The van der Waals surface area contributed by atoms with Crippen molar-refractivity contribution < 1.29 is 9.59 Å². The molecule has 1 heterocycles. The number of Topliss-reactive ketones (excluding diaryl/α,β-unsaturated/α-hetero) is 1. The Kier molecular flexibility index (Phi) is 3.04. The zero-order valence-corrected chi connectivity index (χ0v) is 11.2. The SMILES string of the molecule is NC(=O)C(=O)c1ccc(-c2ccc3ncsc3c2)cc1. The Morgan fingerprint density at radius 3 is 2.40 bits per heavy atom. The van der Waals surface area contributed by atoms with Crippen LogP contribution in [0.15, 0.2) is 48.0 Å². The molecule has 0 aliphatic rings. The van der Waals surface area contributed by atoms with E-state index >= 15 is 0 Å². The van der Waals surface area contributed by atoms with Gasteiger partial charge >= 0.3 is 0 Å². The molecule has 0 aliphatic heterocycles. The fourth-order valence-corrected chi connectivity index (χ4v) is 2.71. The Balaban J connectivity index is 1.98. The summed E-state index contributed by atoms with van der Waals surface area (Å²) >= 11 is 1.58. The topological polar surface area (TPSA) is 73.1 Å². The predicted octanol–water partition coefficient (Wildman–Crippen LogP) is 2.63. The highest BCUT2D eigenvalue weighted by Gasteiger charge is 2.11. The molecule has 1 aromatic heterocycles. The largest absolute Gasteiger partial charge is 0.363 e. The summed E-state index contributed by atoms with van der Waals surface area (Å²) in [6.45, 7) is 0. The van der Waals surface area contributed by atoms with Gasteiger partial charge in [-0.3, -0.25) is 9.59 Å². The van der Waals surface area contributed by atoms with Crippen LogP contribution in [0, 0.1) is 0 Å². The number of hydrogen-bond acceptors (Lipinski definition) is 4. The number of carbonyl (C=O) groups is 2. The maximum Gasteiger partial charge on any atom is 0.289 e. The lowest BCUT2D eigenvalue weighted by Gasteiger charge is -2.03. The minimum Gasteiger partial charge on any atom is -0.363 e. The Hall–Kier alpha value is -2.53. The summed E-state index contributed by atoms with van der Waals surface area (Å²) in [4.78, 5) is 26.5. The number of carbonyl (C=O) groups excluding carboxylic acids is 2. The zero-order valence-electron chi connectivity index (χ0n) is 10.4. The van der Waals surface area contributed by atoms with E-state index in [1.807, 2.05) is 17.6 Å². The van der Waals surface area contributed by atoms with E-state index in [4.69, 9.17) is 5.73 Å². The zero-order chi connectivity index (χ0) is 14.1. The number of primary amides is 1. The lowest BCUT2D eigenvalue weighted by atomic mass is 10.0. The van der Waals surface area contributed by atoms with E-state index in [0.717, 1.165) is 21.3 Å². The molecule has 98 valence electrons. The second-order valence-corrected chi connectivity index (χ2v) is 5.19. The highest BCUT2D eigenvalue weighted by molar-refractivity contribution is 7.16. The molecular formula is C15H10N2O2S. The van der Waals surface area contributed by atoms with Crippen molar-refractivity contribution in [2.24, 2.45) is 5.73 Å². The number of nitrogens with two attached hydrogens (primary N) is 1. The molecule has 3 aromatic rings. The fourth-order valence-electron chi connectivity index (χ4n) is 1.99. The van der Waals surface area contributed by atoms with Gasteiger partial charge in [-0.25, -0.2) is 4.98 Å². The van der Waals surface area contributed by atoms with Crippen molar-refractivity contribution in [2.45, 2.75) is 0 Å². The molecule has 20 heavy (non-hydrogen) atoms. The van der Waals surface area contributed by atoms with Crippen LogP contribution in [-0.2, 0) is 4.79 Å². The van der Waals surface area contributed by atoms with Crippen molar-refractivity contribution >= 4 is 33.2 Å². The van der Waals surface area contributed by atoms with Crippen LogP contribution in [0.3, 0.4) is 0 Å². The highest BCUT2D eigenvalue weighted by Crippen LogP contribution is 2.26. The molecule has 0 radical (unpaired) electrons. The van der Waals surface area contributed by atoms with E-state index in [9.17, 15) is 9.59 Å². The summed E-state index contributed by atoms with van der Waals surface area (Å²) in [6, 6.07) is 12.8. The third kappa shape index (κ3) is 2.19. The summed E-state index contributed by atoms with van der Waals surface area (Å²) in [5.41, 5.74) is 10.1. The van der Waals surface area contributed by atoms with Gasteiger partial charge in [0, 0.05) is 5.56 Å². The average Bonchev–Trinajstić information content (AvgIpc) is 2.94. The normalized spacial score (nSPS) is 10.6. The summed E-state index contributed by atoms with van der Waals surface area (Å²) in [5, 5.41) is 0. The number of rotatable bonds is 3. The van der Waals surface area contributed by atoms with Crippen LogP contribution in [0.25, 0.3) is 21.3 Å². The van der Waals surface area contributed by atoms with E-state index in [-0.39, 0.29) is 0 Å². The van der Waals surface area contributed by atoms with Gasteiger partial charge in [-0.05, 0) is 23.3 Å². The van der Waals surface area contributed by atoms with Gasteiger partial charge < -0.3 is 5.73 Å². The Morgan fingerprint density at radius 1 is 1.00 bits per heavy atom. The van der Waals surface area contributed by atoms with Crippen LogP contribution >= 0.6 is 11.3 Å². The molecule has 2 aromatic carbocycles. The highest BCUT2D eigenvalue weighted by atomic mass is 32.1. The Labute approximate surface area is 118 Å². The molecule has 0 saturated heterocycles. The molecule has 5 heteroatoms. The third-order valence-corrected chi connectivity index (χ3v) is 3.83. The van der Waals surface area contributed by atoms with Gasteiger partial charge in [-0.15, -0.1) is 11.3 Å². The van der Waals surface area contributed by atoms with Crippen LogP contribution < -0.4 is 5.73 Å². The van der Waals surface area contributed by atoms with Gasteiger partial charge in [-0.2, -0.15) is 0 Å². The maximum atomic E-state index is 11.5. The van der Waals surface area contributed by atoms with Crippen molar-refractivity contribution in [3.8, 4) is 11.1 Å². The Bertz CT molecular complexity index is 806. The number of thiazole rings is 1. The molecule has 0 spiro atoms. The number of nitrogens with zero attached hydrogens (tertiary/aromatic N) is 1. The number of ketones is 1. The number of fused-ring (bicyclic) bond motifs is 1. The first kappa shape index (κ1) is 12.5. The van der Waals surface area contributed by atoms with Crippen LogP contribution in [0.2, 0.25) is 0 Å². The minimum absolute atomic E-state index is 0.306. The third-order valence-electron chi connectivity index (χ3n) is 3.04. The molecule has 0 bridgehead atoms. The second kappa shape index (κ2) is 4.86. The first-order valence-electron chi connectivity index (χ1n) is 5.93. The molecule has 0 fully saturated rings. The van der Waals surface area contributed by atoms with Crippen molar-refractivity contribution in [1.82, 2.24) is 4.98 Å². The summed E-state index contributed by atoms with van der Waals surface area (Å²) < 4.78 is 1.11. The number of hydrogen-bond donors (Lipinski definition) is 1. The van der Waals surface area contributed by atoms with E-state index in [0.29, 0.717) is 5.56 Å². The molecule has 1 amide bonds. The van der Waals surface area contributed by atoms with E-state index < -0.39 is 11.7 Å². The van der Waals surface area contributed by atoms with E-state index in [1.54, 1.807) is 35.6 Å². The minimum atomic E-state index is -0.941. The van der Waals surface area contributed by atoms with E-state index in [1.165, 1.54) is 0 Å². The molecular weight excluding hydrogens is 272 g/mol. The Morgan fingerprint density at radius 2 is 1.70 bits per heavy atom. The molecule has 0 aliphatic carbocycles. The van der Waals surface area contributed by atoms with Crippen molar-refractivity contribution in [3.05, 3.63) is 53.5 Å². The molecule has 0 unspecified atom stereocenters. The fraction of sp³-hybridized carbons (Fsp3) is 0. The van der Waals surface area contributed by atoms with Crippen molar-refractivity contribution in [2.75, 3.05) is 0 Å². The van der Waals surface area contributed by atoms with Crippen LogP contribution in [-0.4, -0.2) is 16.7 Å². The maximum absolute atomic E-state index is 11.5. The number of benzene rings is 2. The molecule has 4 nitrogen and oxygen atoms in total. The monoisotopic (exact) mass is 282 g/mol. The van der Waals surface area contributed by atoms with Crippen LogP contribution in [0.4, 0.5) is 0 Å². The lowest BCUT2D eigenvalue weighted by Crippen LogP contribution is -2.22. The van der Waals surface area contributed by atoms with Crippen LogP contribution in [0.1, 0.15) is 10.4 Å². The average molecular weight is 282 g/mol. The van der Waals surface area contributed by atoms with Crippen molar-refractivity contribution in [1.29, 1.82) is 0 Å². The standard InChI is InChI=1S/C15H10N2O2S/c16-15(19)14(18)10-3-1-9(2-4-10)11-5-6-12-13(7-11)20-8-17-12/h1-8H,(H2,16,19). The van der Waals surface area contributed by atoms with Gasteiger partial charge in [0.2, 0.25) is 5.78 Å². The quantitative estimate of drug-likeness (QED) is 0.593. The lowest BCUT2D eigenvalue weighted by molar-refractivity contribution is -0.114. The first-order chi connectivity index (χ1) is 9.65. The second-order valence-electron chi connectivity index (χ2n) is 4.31. The van der Waals surface area contributed by atoms with Gasteiger partial charge in [0.05, 0.1) is 15.7 Å². The number of aromatic nitrogens is 1. The van der Waals surface area contributed by atoms with Gasteiger partial charge in [0.15, 0.2) is 0 Å². The first-order valence-corrected chi connectivity index (χ1v) is 6.81. The van der Waals surface area contributed by atoms with Gasteiger partial charge in [0.25, 0.3) is 5.91 Å². The molecule has 2 N–H and O–H groups in total. The number of amides is 1. The van der Waals surface area contributed by atoms with Crippen LogP contribution in [0.5, 0.6) is 0 Å². The van der Waals surface area contributed by atoms with Crippen molar-refractivity contribution in [3.63, 3.8) is 0 Å². The molecule has 0 saturated carbocycles.